The van der Waals surface area contributed by atoms with Crippen molar-refractivity contribution in [2.24, 2.45) is 5.92 Å². The summed E-state index contributed by atoms with van der Waals surface area (Å²) in [6.45, 7) is 1.87. The molecule has 1 aliphatic rings. The van der Waals surface area contributed by atoms with E-state index < -0.39 is 5.97 Å². The van der Waals surface area contributed by atoms with E-state index in [1.807, 2.05) is 0 Å². The molecule has 1 aromatic carbocycles. The zero-order chi connectivity index (χ0) is 13.8. The summed E-state index contributed by atoms with van der Waals surface area (Å²) in [7, 11) is 0. The highest BCUT2D eigenvalue weighted by Crippen LogP contribution is 2.32. The van der Waals surface area contributed by atoms with Crippen LogP contribution in [0, 0.1) is 5.92 Å². The maximum absolute atomic E-state index is 11.2. The maximum atomic E-state index is 11.2. The van der Waals surface area contributed by atoms with E-state index in [1.165, 1.54) is 12.1 Å². The molecule has 1 saturated heterocycles. The van der Waals surface area contributed by atoms with Crippen molar-refractivity contribution in [1.82, 2.24) is 0 Å². The average Bonchev–Trinajstić information content (AvgIpc) is 2.38. The van der Waals surface area contributed by atoms with Crippen LogP contribution in [0.2, 0.25) is 5.02 Å². The van der Waals surface area contributed by atoms with E-state index in [0.717, 1.165) is 26.1 Å². The minimum Gasteiger partial charge on any atom is -0.491 e. The van der Waals surface area contributed by atoms with Crippen molar-refractivity contribution in [3.05, 3.63) is 22.7 Å². The molecule has 0 unspecified atom stereocenters. The van der Waals surface area contributed by atoms with Crippen molar-refractivity contribution >= 4 is 23.3 Å². The van der Waals surface area contributed by atoms with Crippen molar-refractivity contribution in [1.29, 1.82) is 0 Å². The highest BCUT2D eigenvalue weighted by atomic mass is 35.5. The van der Waals surface area contributed by atoms with Crippen molar-refractivity contribution < 1.29 is 19.4 Å². The molecule has 6 heteroatoms. The molecule has 0 spiro atoms. The van der Waals surface area contributed by atoms with Crippen molar-refractivity contribution in [3.8, 4) is 5.75 Å². The van der Waals surface area contributed by atoms with Gasteiger partial charge in [0.15, 0.2) is 5.75 Å². The number of nitrogens with two attached hydrogens (primary N) is 1. The third-order valence-corrected chi connectivity index (χ3v) is 3.38. The Balaban J connectivity index is 2.12. The van der Waals surface area contributed by atoms with Crippen LogP contribution in [0.15, 0.2) is 12.1 Å². The predicted molar refractivity (Wildman–Crippen MR) is 71.9 cm³/mol. The molecule has 1 aliphatic heterocycles. The number of benzene rings is 1. The van der Waals surface area contributed by atoms with Crippen LogP contribution in [0.1, 0.15) is 23.2 Å². The van der Waals surface area contributed by atoms with Gasteiger partial charge < -0.3 is 20.3 Å². The fourth-order valence-electron chi connectivity index (χ4n) is 2.03. The molecule has 1 aromatic rings. The van der Waals surface area contributed by atoms with Crippen LogP contribution in [0.3, 0.4) is 0 Å². The number of ether oxygens (including phenoxy) is 2. The van der Waals surface area contributed by atoms with Gasteiger partial charge in [-0.25, -0.2) is 4.79 Å². The number of hydrogen-bond donors (Lipinski definition) is 2. The third-order valence-electron chi connectivity index (χ3n) is 3.10. The molecule has 0 atom stereocenters. The molecule has 19 heavy (non-hydrogen) atoms. The first kappa shape index (κ1) is 14.0. The largest absolute Gasteiger partial charge is 0.491 e. The van der Waals surface area contributed by atoms with E-state index in [2.05, 4.69) is 0 Å². The zero-order valence-electron chi connectivity index (χ0n) is 10.4. The first-order valence-electron chi connectivity index (χ1n) is 6.10. The van der Waals surface area contributed by atoms with E-state index >= 15 is 0 Å². The lowest BCUT2D eigenvalue weighted by Crippen LogP contribution is -2.22. The van der Waals surface area contributed by atoms with E-state index in [4.69, 9.17) is 31.9 Å². The number of carboxylic acid groups (broad SMARTS) is 1. The van der Waals surface area contributed by atoms with Gasteiger partial charge in [0.1, 0.15) is 5.56 Å². The van der Waals surface area contributed by atoms with E-state index in [0.29, 0.717) is 18.2 Å². The summed E-state index contributed by atoms with van der Waals surface area (Å²) < 4.78 is 10.9. The second kappa shape index (κ2) is 6.12. The standard InChI is InChI=1S/C13H16ClNO4/c14-11-6-9(15)5-10(13(16)17)12(11)19-7-8-1-3-18-4-2-8/h5-6,8H,1-4,7,15H2,(H,16,17). The number of aromatic carboxylic acids is 1. The zero-order valence-corrected chi connectivity index (χ0v) is 11.2. The van der Waals surface area contributed by atoms with Gasteiger partial charge in [0.25, 0.3) is 0 Å². The second-order valence-corrected chi connectivity index (χ2v) is 4.96. The van der Waals surface area contributed by atoms with Crippen LogP contribution in [-0.2, 0) is 4.74 Å². The smallest absolute Gasteiger partial charge is 0.339 e. The van der Waals surface area contributed by atoms with Gasteiger partial charge in [-0.1, -0.05) is 11.6 Å². The molecule has 1 fully saturated rings. The van der Waals surface area contributed by atoms with Crippen LogP contribution in [-0.4, -0.2) is 30.9 Å². The molecule has 3 N–H and O–H groups in total. The molecule has 1 heterocycles. The first-order valence-corrected chi connectivity index (χ1v) is 6.48. The van der Waals surface area contributed by atoms with Gasteiger partial charge in [-0.05, 0) is 30.9 Å². The Labute approximate surface area is 116 Å². The van der Waals surface area contributed by atoms with Crippen LogP contribution < -0.4 is 10.5 Å². The van der Waals surface area contributed by atoms with E-state index in [-0.39, 0.29) is 16.3 Å². The maximum Gasteiger partial charge on any atom is 0.339 e. The highest BCUT2D eigenvalue weighted by Gasteiger charge is 2.19. The van der Waals surface area contributed by atoms with Gasteiger partial charge in [0, 0.05) is 18.9 Å². The quantitative estimate of drug-likeness (QED) is 0.830. The van der Waals surface area contributed by atoms with Gasteiger partial charge >= 0.3 is 5.97 Å². The Morgan fingerprint density at radius 2 is 2.16 bits per heavy atom. The first-order chi connectivity index (χ1) is 9.08. The highest BCUT2D eigenvalue weighted by molar-refractivity contribution is 6.33. The SMILES string of the molecule is Nc1cc(Cl)c(OCC2CCOCC2)c(C(=O)O)c1. The normalized spacial score (nSPS) is 16.3. The van der Waals surface area contributed by atoms with Crippen LogP contribution in [0.4, 0.5) is 5.69 Å². The number of anilines is 1. The number of halogens is 1. The number of rotatable bonds is 4. The molecule has 0 amide bonds. The van der Waals surface area contributed by atoms with Gasteiger partial charge in [-0.2, -0.15) is 0 Å². The summed E-state index contributed by atoms with van der Waals surface area (Å²) in [5.41, 5.74) is 5.89. The Kier molecular flexibility index (Phi) is 4.50. The monoisotopic (exact) mass is 285 g/mol. The van der Waals surface area contributed by atoms with E-state index in [1.54, 1.807) is 0 Å². The second-order valence-electron chi connectivity index (χ2n) is 4.55. The summed E-state index contributed by atoms with van der Waals surface area (Å²) in [5, 5.41) is 9.36. The predicted octanol–water partition coefficient (Wildman–Crippen LogP) is 2.43. The molecular weight excluding hydrogens is 270 g/mol. The third kappa shape index (κ3) is 3.52. The van der Waals surface area contributed by atoms with Crippen molar-refractivity contribution in [3.63, 3.8) is 0 Å². The molecular formula is C13H16ClNO4. The summed E-state index contributed by atoms with van der Waals surface area (Å²) in [5.74, 6) is -0.546. The van der Waals surface area contributed by atoms with Crippen molar-refractivity contribution in [2.45, 2.75) is 12.8 Å². The molecule has 0 saturated carbocycles. The molecule has 5 nitrogen and oxygen atoms in total. The summed E-state index contributed by atoms with van der Waals surface area (Å²) >= 11 is 6.00. The molecule has 0 bridgehead atoms. The lowest BCUT2D eigenvalue weighted by molar-refractivity contribution is 0.0490. The van der Waals surface area contributed by atoms with Crippen LogP contribution >= 0.6 is 11.6 Å². The number of carbonyl (C=O) groups is 1. The fourth-order valence-corrected chi connectivity index (χ4v) is 2.32. The number of carboxylic acids is 1. The minimum atomic E-state index is -1.10. The Bertz CT molecular complexity index is 472. The van der Waals surface area contributed by atoms with Gasteiger partial charge in [0.2, 0.25) is 0 Å². The lowest BCUT2D eigenvalue weighted by atomic mass is 10.0. The van der Waals surface area contributed by atoms with E-state index in [9.17, 15) is 4.79 Å². The van der Waals surface area contributed by atoms with Gasteiger partial charge in [-0.15, -0.1) is 0 Å². The summed E-state index contributed by atoms with van der Waals surface area (Å²) in [4.78, 5) is 11.2. The van der Waals surface area contributed by atoms with Gasteiger partial charge in [0.05, 0.1) is 11.6 Å². The molecule has 0 aliphatic carbocycles. The summed E-state index contributed by atoms with van der Waals surface area (Å²) in [6, 6.07) is 2.85. The van der Waals surface area contributed by atoms with Crippen LogP contribution in [0.5, 0.6) is 5.75 Å². The van der Waals surface area contributed by atoms with Crippen molar-refractivity contribution in [2.75, 3.05) is 25.6 Å². The Morgan fingerprint density at radius 1 is 1.47 bits per heavy atom. The lowest BCUT2D eigenvalue weighted by Gasteiger charge is -2.22. The fraction of sp³-hybridized carbons (Fsp3) is 0.462. The molecule has 104 valence electrons. The Hall–Kier alpha value is -1.46. The average molecular weight is 286 g/mol. The van der Waals surface area contributed by atoms with Gasteiger partial charge in [-0.3, -0.25) is 0 Å². The summed E-state index contributed by atoms with van der Waals surface area (Å²) in [6.07, 6.45) is 1.82. The molecule has 0 aromatic heterocycles. The number of hydrogen-bond acceptors (Lipinski definition) is 4. The molecule has 0 radical (unpaired) electrons. The Morgan fingerprint density at radius 3 is 2.79 bits per heavy atom. The topological polar surface area (TPSA) is 81.8 Å². The minimum absolute atomic E-state index is 0.00272. The van der Waals surface area contributed by atoms with Crippen LogP contribution in [0.25, 0.3) is 0 Å². The molecule has 2 rings (SSSR count). The number of nitrogen functional groups attached to an aromatic ring is 1.